The SMILES string of the molecule is CC(C)NCC(O)C(C)c1ccccc1. The van der Waals surface area contributed by atoms with Gasteiger partial charge in [0.15, 0.2) is 0 Å². The van der Waals surface area contributed by atoms with Gasteiger partial charge in [-0.25, -0.2) is 0 Å². The van der Waals surface area contributed by atoms with E-state index in [1.54, 1.807) is 0 Å². The molecular weight excluding hydrogens is 186 g/mol. The third kappa shape index (κ3) is 4.02. The molecule has 0 aliphatic rings. The largest absolute Gasteiger partial charge is 0.391 e. The molecule has 0 spiro atoms. The van der Waals surface area contributed by atoms with Crippen molar-refractivity contribution in [2.75, 3.05) is 6.54 Å². The second kappa shape index (κ2) is 5.89. The lowest BCUT2D eigenvalue weighted by Gasteiger charge is -2.20. The second-order valence-electron chi connectivity index (χ2n) is 4.33. The summed E-state index contributed by atoms with van der Waals surface area (Å²) in [5.74, 6) is 0.178. The number of aliphatic hydroxyl groups is 1. The van der Waals surface area contributed by atoms with Crippen LogP contribution in [0.1, 0.15) is 32.3 Å². The van der Waals surface area contributed by atoms with Crippen molar-refractivity contribution < 1.29 is 5.11 Å². The van der Waals surface area contributed by atoms with Gasteiger partial charge in [-0.3, -0.25) is 0 Å². The molecule has 0 aromatic heterocycles. The smallest absolute Gasteiger partial charge is 0.0730 e. The third-order valence-corrected chi connectivity index (χ3v) is 2.64. The van der Waals surface area contributed by atoms with Crippen molar-refractivity contribution in [3.63, 3.8) is 0 Å². The van der Waals surface area contributed by atoms with Crippen LogP contribution in [0, 0.1) is 0 Å². The molecule has 0 saturated heterocycles. The Kier molecular flexibility index (Phi) is 4.79. The predicted octanol–water partition coefficient (Wildman–Crippen LogP) is 2.15. The number of rotatable bonds is 5. The minimum atomic E-state index is -0.324. The van der Waals surface area contributed by atoms with Gasteiger partial charge in [-0.15, -0.1) is 0 Å². The van der Waals surface area contributed by atoms with Crippen molar-refractivity contribution in [3.05, 3.63) is 35.9 Å². The van der Waals surface area contributed by atoms with E-state index < -0.39 is 0 Å². The Morgan fingerprint density at radius 2 is 1.73 bits per heavy atom. The fourth-order valence-corrected chi connectivity index (χ4v) is 1.51. The highest BCUT2D eigenvalue weighted by atomic mass is 16.3. The maximum atomic E-state index is 9.96. The average Bonchev–Trinajstić information content (AvgIpc) is 2.26. The topological polar surface area (TPSA) is 32.3 Å². The van der Waals surface area contributed by atoms with Crippen molar-refractivity contribution in [2.24, 2.45) is 0 Å². The van der Waals surface area contributed by atoms with Crippen LogP contribution in [0.15, 0.2) is 30.3 Å². The van der Waals surface area contributed by atoms with E-state index in [-0.39, 0.29) is 12.0 Å². The first kappa shape index (κ1) is 12.2. The molecule has 84 valence electrons. The highest BCUT2D eigenvalue weighted by Gasteiger charge is 2.15. The van der Waals surface area contributed by atoms with Crippen molar-refractivity contribution in [1.29, 1.82) is 0 Å². The molecule has 0 aliphatic heterocycles. The van der Waals surface area contributed by atoms with Crippen molar-refractivity contribution in [1.82, 2.24) is 5.32 Å². The van der Waals surface area contributed by atoms with Crippen LogP contribution in [0.5, 0.6) is 0 Å². The highest BCUT2D eigenvalue weighted by molar-refractivity contribution is 5.19. The Morgan fingerprint density at radius 1 is 1.13 bits per heavy atom. The first-order valence-electron chi connectivity index (χ1n) is 5.57. The molecule has 0 fully saturated rings. The number of aliphatic hydroxyl groups excluding tert-OH is 1. The number of hydrogen-bond acceptors (Lipinski definition) is 2. The van der Waals surface area contributed by atoms with Crippen LogP contribution in [-0.4, -0.2) is 23.8 Å². The summed E-state index contributed by atoms with van der Waals surface area (Å²) in [5.41, 5.74) is 1.19. The summed E-state index contributed by atoms with van der Waals surface area (Å²) in [6.07, 6.45) is -0.324. The molecule has 0 amide bonds. The molecule has 0 bridgehead atoms. The Morgan fingerprint density at radius 3 is 2.27 bits per heavy atom. The van der Waals surface area contributed by atoms with Crippen LogP contribution in [-0.2, 0) is 0 Å². The van der Waals surface area contributed by atoms with Gasteiger partial charge in [0.25, 0.3) is 0 Å². The first-order valence-corrected chi connectivity index (χ1v) is 5.57. The van der Waals surface area contributed by atoms with E-state index in [9.17, 15) is 5.11 Å². The zero-order valence-electron chi connectivity index (χ0n) is 9.77. The Bertz CT molecular complexity index is 271. The zero-order valence-corrected chi connectivity index (χ0v) is 9.77. The monoisotopic (exact) mass is 207 g/mol. The molecule has 15 heavy (non-hydrogen) atoms. The molecule has 0 aliphatic carbocycles. The van der Waals surface area contributed by atoms with Crippen LogP contribution < -0.4 is 5.32 Å². The number of hydrogen-bond donors (Lipinski definition) is 2. The van der Waals surface area contributed by atoms with E-state index in [0.717, 1.165) is 0 Å². The molecular formula is C13H21NO. The van der Waals surface area contributed by atoms with E-state index in [2.05, 4.69) is 38.2 Å². The lowest BCUT2D eigenvalue weighted by atomic mass is 9.95. The molecule has 2 N–H and O–H groups in total. The van der Waals surface area contributed by atoms with Crippen molar-refractivity contribution in [3.8, 4) is 0 Å². The summed E-state index contributed by atoms with van der Waals surface area (Å²) in [6, 6.07) is 10.5. The Labute approximate surface area is 92.3 Å². The van der Waals surface area contributed by atoms with E-state index in [1.165, 1.54) is 5.56 Å². The maximum absolute atomic E-state index is 9.96. The van der Waals surface area contributed by atoms with E-state index in [4.69, 9.17) is 0 Å². The van der Waals surface area contributed by atoms with Gasteiger partial charge in [0.1, 0.15) is 0 Å². The van der Waals surface area contributed by atoms with Gasteiger partial charge < -0.3 is 10.4 Å². The predicted molar refractivity (Wildman–Crippen MR) is 64.0 cm³/mol. The summed E-state index contributed by atoms with van der Waals surface area (Å²) in [6.45, 7) is 6.87. The molecule has 1 aromatic rings. The third-order valence-electron chi connectivity index (χ3n) is 2.64. The summed E-state index contributed by atoms with van der Waals surface area (Å²) in [7, 11) is 0. The van der Waals surface area contributed by atoms with Crippen LogP contribution in [0.3, 0.4) is 0 Å². The minimum Gasteiger partial charge on any atom is -0.391 e. The molecule has 0 saturated carbocycles. The van der Waals surface area contributed by atoms with Gasteiger partial charge in [0.2, 0.25) is 0 Å². The lowest BCUT2D eigenvalue weighted by molar-refractivity contribution is 0.144. The Balaban J connectivity index is 2.49. The van der Waals surface area contributed by atoms with Gasteiger partial charge in [-0.1, -0.05) is 51.1 Å². The van der Waals surface area contributed by atoms with Crippen LogP contribution >= 0.6 is 0 Å². The molecule has 1 rings (SSSR count). The molecule has 2 unspecified atom stereocenters. The van der Waals surface area contributed by atoms with E-state index in [1.807, 2.05) is 18.2 Å². The van der Waals surface area contributed by atoms with Crippen LogP contribution in [0.25, 0.3) is 0 Å². The van der Waals surface area contributed by atoms with Gasteiger partial charge >= 0.3 is 0 Å². The average molecular weight is 207 g/mol. The quantitative estimate of drug-likeness (QED) is 0.775. The van der Waals surface area contributed by atoms with E-state index in [0.29, 0.717) is 12.6 Å². The summed E-state index contributed by atoms with van der Waals surface area (Å²) >= 11 is 0. The molecule has 2 atom stereocenters. The summed E-state index contributed by atoms with van der Waals surface area (Å²) < 4.78 is 0. The first-order chi connectivity index (χ1) is 7.11. The standard InChI is InChI=1S/C13H21NO/c1-10(2)14-9-13(15)11(3)12-7-5-4-6-8-12/h4-8,10-11,13-15H,9H2,1-3H3. The van der Waals surface area contributed by atoms with Crippen molar-refractivity contribution >= 4 is 0 Å². The van der Waals surface area contributed by atoms with Gasteiger partial charge in [-0.05, 0) is 5.56 Å². The van der Waals surface area contributed by atoms with Gasteiger partial charge in [0, 0.05) is 18.5 Å². The second-order valence-corrected chi connectivity index (χ2v) is 4.33. The maximum Gasteiger partial charge on any atom is 0.0730 e. The van der Waals surface area contributed by atoms with Crippen molar-refractivity contribution in [2.45, 2.75) is 38.8 Å². The van der Waals surface area contributed by atoms with Crippen LogP contribution in [0.4, 0.5) is 0 Å². The summed E-state index contributed by atoms with van der Waals surface area (Å²) in [5, 5.41) is 13.2. The minimum absolute atomic E-state index is 0.178. The van der Waals surface area contributed by atoms with Gasteiger partial charge in [0.05, 0.1) is 6.10 Å². The zero-order chi connectivity index (χ0) is 11.3. The van der Waals surface area contributed by atoms with E-state index >= 15 is 0 Å². The molecule has 0 heterocycles. The fourth-order valence-electron chi connectivity index (χ4n) is 1.51. The fraction of sp³-hybridized carbons (Fsp3) is 0.538. The Hall–Kier alpha value is -0.860. The summed E-state index contributed by atoms with van der Waals surface area (Å²) in [4.78, 5) is 0. The highest BCUT2D eigenvalue weighted by Crippen LogP contribution is 2.18. The molecule has 2 nitrogen and oxygen atoms in total. The molecule has 0 radical (unpaired) electrons. The lowest BCUT2D eigenvalue weighted by Crippen LogP contribution is -2.34. The normalized spacial score (nSPS) is 15.3. The molecule has 1 aromatic carbocycles. The van der Waals surface area contributed by atoms with Crippen LogP contribution in [0.2, 0.25) is 0 Å². The molecule has 2 heteroatoms. The van der Waals surface area contributed by atoms with Gasteiger partial charge in [-0.2, -0.15) is 0 Å². The number of benzene rings is 1. The number of nitrogens with one attached hydrogen (secondary N) is 1.